The number of ether oxygens (including phenoxy) is 1. The molecule has 0 amide bonds. The van der Waals surface area contributed by atoms with Gasteiger partial charge in [0.15, 0.2) is 0 Å². The Balaban J connectivity index is 2.28. The minimum absolute atomic E-state index is 0.0607. The van der Waals surface area contributed by atoms with Crippen LogP contribution in [0.3, 0.4) is 0 Å². The van der Waals surface area contributed by atoms with Gasteiger partial charge >= 0.3 is 0 Å². The molecule has 1 heterocycles. The Morgan fingerprint density at radius 2 is 2.12 bits per heavy atom. The number of aliphatic hydroxyl groups is 1. The number of piperidine rings is 1. The first-order valence-corrected chi connectivity index (χ1v) is 6.08. The lowest BCUT2D eigenvalue weighted by Gasteiger charge is -2.39. The maximum Gasteiger partial charge on any atom is 0.0791 e. The highest BCUT2D eigenvalue weighted by atomic mass is 16.5. The highest BCUT2D eigenvalue weighted by Crippen LogP contribution is 2.30. The van der Waals surface area contributed by atoms with E-state index in [0.717, 1.165) is 6.54 Å². The molecular weight excluding hydrogens is 214 g/mol. The first-order chi connectivity index (χ1) is 8.11. The van der Waals surface area contributed by atoms with Crippen molar-refractivity contribution in [2.75, 3.05) is 27.2 Å². The van der Waals surface area contributed by atoms with Crippen molar-refractivity contribution in [3.8, 4) is 0 Å². The number of nitrogens with zero attached hydrogens (tertiary/aromatic N) is 1. The second-order valence-electron chi connectivity index (χ2n) is 5.00. The third kappa shape index (κ3) is 2.68. The molecule has 0 aliphatic carbocycles. The molecule has 2 unspecified atom stereocenters. The maximum atomic E-state index is 10.3. The van der Waals surface area contributed by atoms with Crippen LogP contribution in [0.25, 0.3) is 0 Å². The first kappa shape index (κ1) is 12.6. The third-order valence-corrected chi connectivity index (χ3v) is 3.54. The van der Waals surface area contributed by atoms with Crippen molar-refractivity contribution in [2.24, 2.45) is 0 Å². The predicted molar refractivity (Wildman–Crippen MR) is 68.2 cm³/mol. The van der Waals surface area contributed by atoms with Crippen molar-refractivity contribution < 1.29 is 9.84 Å². The lowest BCUT2D eigenvalue weighted by Crippen LogP contribution is -2.49. The van der Waals surface area contributed by atoms with E-state index in [2.05, 4.69) is 30.0 Å². The normalized spacial score (nSPS) is 30.5. The highest BCUT2D eigenvalue weighted by molar-refractivity contribution is 5.28. The zero-order valence-corrected chi connectivity index (χ0v) is 10.8. The van der Waals surface area contributed by atoms with Gasteiger partial charge in [-0.25, -0.2) is 0 Å². The van der Waals surface area contributed by atoms with Crippen molar-refractivity contribution in [1.29, 1.82) is 0 Å². The van der Waals surface area contributed by atoms with Gasteiger partial charge in [0.25, 0.3) is 0 Å². The van der Waals surface area contributed by atoms with Gasteiger partial charge in [-0.15, -0.1) is 0 Å². The first-order valence-electron chi connectivity index (χ1n) is 6.08. The SMILES string of the molecule is COC1CN(C)CC(O)[C@H]1c1cccc(C)c1. The lowest BCUT2D eigenvalue weighted by molar-refractivity contribution is -0.0411. The van der Waals surface area contributed by atoms with Crippen LogP contribution in [0.5, 0.6) is 0 Å². The fourth-order valence-corrected chi connectivity index (χ4v) is 2.71. The predicted octanol–water partition coefficient (Wildman–Crippen LogP) is 1.40. The summed E-state index contributed by atoms with van der Waals surface area (Å²) in [4.78, 5) is 2.12. The van der Waals surface area contributed by atoms with E-state index in [1.807, 2.05) is 13.1 Å². The zero-order valence-electron chi connectivity index (χ0n) is 10.8. The summed E-state index contributed by atoms with van der Waals surface area (Å²) in [6.45, 7) is 3.65. The number of aryl methyl sites for hydroxylation is 1. The smallest absolute Gasteiger partial charge is 0.0791 e. The molecule has 0 radical (unpaired) electrons. The molecule has 1 saturated heterocycles. The van der Waals surface area contributed by atoms with Crippen molar-refractivity contribution in [2.45, 2.75) is 25.0 Å². The second kappa shape index (κ2) is 5.17. The summed E-state index contributed by atoms with van der Waals surface area (Å²) in [5, 5.41) is 10.3. The average molecular weight is 235 g/mol. The largest absolute Gasteiger partial charge is 0.391 e. The van der Waals surface area contributed by atoms with E-state index in [0.29, 0.717) is 6.54 Å². The number of likely N-dealkylation sites (tertiary alicyclic amines) is 1. The number of rotatable bonds is 2. The summed E-state index contributed by atoms with van der Waals surface area (Å²) < 4.78 is 5.54. The minimum Gasteiger partial charge on any atom is -0.391 e. The van der Waals surface area contributed by atoms with Crippen LogP contribution in [-0.4, -0.2) is 49.5 Å². The van der Waals surface area contributed by atoms with Crippen LogP contribution in [0.1, 0.15) is 17.0 Å². The molecule has 1 aromatic carbocycles. The Morgan fingerprint density at radius 1 is 1.35 bits per heavy atom. The van der Waals surface area contributed by atoms with Gasteiger partial charge in [0.2, 0.25) is 0 Å². The van der Waals surface area contributed by atoms with Crippen LogP contribution in [0.2, 0.25) is 0 Å². The van der Waals surface area contributed by atoms with Gasteiger partial charge in [-0.3, -0.25) is 0 Å². The van der Waals surface area contributed by atoms with E-state index in [1.54, 1.807) is 7.11 Å². The number of benzene rings is 1. The van der Waals surface area contributed by atoms with Crippen molar-refractivity contribution in [3.63, 3.8) is 0 Å². The van der Waals surface area contributed by atoms with Gasteiger partial charge in [0.1, 0.15) is 0 Å². The van der Waals surface area contributed by atoms with E-state index in [-0.39, 0.29) is 18.1 Å². The Hall–Kier alpha value is -0.900. The van der Waals surface area contributed by atoms with Crippen molar-refractivity contribution in [1.82, 2.24) is 4.90 Å². The van der Waals surface area contributed by atoms with Gasteiger partial charge in [0, 0.05) is 26.1 Å². The van der Waals surface area contributed by atoms with E-state index < -0.39 is 0 Å². The molecule has 1 aliphatic rings. The zero-order chi connectivity index (χ0) is 12.4. The van der Waals surface area contributed by atoms with Crippen LogP contribution in [0.4, 0.5) is 0 Å². The molecule has 3 nitrogen and oxygen atoms in total. The molecule has 0 saturated carbocycles. The number of aliphatic hydroxyl groups excluding tert-OH is 1. The summed E-state index contributed by atoms with van der Waals surface area (Å²) >= 11 is 0. The molecule has 1 fully saturated rings. The quantitative estimate of drug-likeness (QED) is 0.841. The molecule has 17 heavy (non-hydrogen) atoms. The molecule has 1 N–H and O–H groups in total. The average Bonchev–Trinajstić information content (AvgIpc) is 2.27. The standard InChI is InChI=1S/C14H21NO2/c1-10-5-4-6-11(7-10)14-12(16)8-15(2)9-13(14)17-3/h4-7,12-14,16H,8-9H2,1-3H3/t12?,13?,14-/m1/s1. The van der Waals surface area contributed by atoms with Crippen LogP contribution < -0.4 is 0 Å². The number of hydrogen-bond acceptors (Lipinski definition) is 3. The topological polar surface area (TPSA) is 32.7 Å². The fourth-order valence-electron chi connectivity index (χ4n) is 2.71. The molecule has 1 aliphatic heterocycles. The Kier molecular flexibility index (Phi) is 3.82. The second-order valence-corrected chi connectivity index (χ2v) is 5.00. The number of likely N-dealkylation sites (N-methyl/N-ethyl adjacent to an activating group) is 1. The number of hydrogen-bond donors (Lipinski definition) is 1. The van der Waals surface area contributed by atoms with Crippen molar-refractivity contribution >= 4 is 0 Å². The monoisotopic (exact) mass is 235 g/mol. The van der Waals surface area contributed by atoms with Crippen LogP contribution >= 0.6 is 0 Å². The van der Waals surface area contributed by atoms with Gasteiger partial charge in [-0.2, -0.15) is 0 Å². The van der Waals surface area contributed by atoms with Crippen LogP contribution in [0.15, 0.2) is 24.3 Å². The Labute approximate surface area is 103 Å². The Bertz CT molecular complexity index is 380. The Morgan fingerprint density at radius 3 is 2.76 bits per heavy atom. The summed E-state index contributed by atoms with van der Waals surface area (Å²) in [5.41, 5.74) is 2.40. The number of methoxy groups -OCH3 is 1. The summed E-state index contributed by atoms with van der Waals surface area (Å²) in [6, 6.07) is 8.35. The highest BCUT2D eigenvalue weighted by Gasteiger charge is 2.35. The molecule has 0 bridgehead atoms. The van der Waals surface area contributed by atoms with Gasteiger partial charge < -0.3 is 14.7 Å². The molecule has 0 aromatic heterocycles. The van der Waals surface area contributed by atoms with E-state index in [9.17, 15) is 5.11 Å². The summed E-state index contributed by atoms with van der Waals surface area (Å²) in [6.07, 6.45) is -0.300. The molecule has 3 heteroatoms. The van der Waals surface area contributed by atoms with Crippen molar-refractivity contribution in [3.05, 3.63) is 35.4 Å². The third-order valence-electron chi connectivity index (χ3n) is 3.54. The van der Waals surface area contributed by atoms with Crippen LogP contribution in [0, 0.1) is 6.92 Å². The number of β-amino-alcohol motifs (C(OH)–C–C–N with tert-alkyl or cyclic N) is 1. The minimum atomic E-state index is -0.361. The lowest BCUT2D eigenvalue weighted by atomic mass is 9.84. The molecule has 1 aromatic rings. The fraction of sp³-hybridized carbons (Fsp3) is 0.571. The summed E-state index contributed by atoms with van der Waals surface area (Å²) in [5.74, 6) is 0.0797. The van der Waals surface area contributed by atoms with E-state index >= 15 is 0 Å². The van der Waals surface area contributed by atoms with E-state index in [1.165, 1.54) is 11.1 Å². The van der Waals surface area contributed by atoms with Gasteiger partial charge in [0.05, 0.1) is 12.2 Å². The van der Waals surface area contributed by atoms with Gasteiger partial charge in [-0.05, 0) is 19.5 Å². The van der Waals surface area contributed by atoms with Crippen LogP contribution in [-0.2, 0) is 4.74 Å². The van der Waals surface area contributed by atoms with Gasteiger partial charge in [-0.1, -0.05) is 29.8 Å². The molecule has 2 rings (SSSR count). The maximum absolute atomic E-state index is 10.3. The molecule has 3 atom stereocenters. The molecule has 0 spiro atoms. The molecule has 94 valence electrons. The van der Waals surface area contributed by atoms with E-state index in [4.69, 9.17) is 4.74 Å². The molecular formula is C14H21NO2. The summed E-state index contributed by atoms with van der Waals surface area (Å²) in [7, 11) is 3.74.